The molecule has 0 spiro atoms. The molecule has 1 saturated heterocycles. The van der Waals surface area contributed by atoms with E-state index in [2.05, 4.69) is 22.5 Å². The van der Waals surface area contributed by atoms with Crippen LogP contribution in [0, 0.1) is 11.8 Å². The minimum absolute atomic E-state index is 0.221. The third kappa shape index (κ3) is 3.91. The second-order valence-electron chi connectivity index (χ2n) is 4.56. The minimum atomic E-state index is -0.686. The molecule has 2 rings (SSSR count). The monoisotopic (exact) mass is 285 g/mol. The van der Waals surface area contributed by atoms with Crippen molar-refractivity contribution in [3.05, 3.63) is 35.4 Å². The molecular weight excluding hydrogens is 270 g/mol. The normalized spacial score (nSPS) is 17.5. The molecule has 1 fully saturated rings. The van der Waals surface area contributed by atoms with Gasteiger partial charge in [-0.25, -0.2) is 0 Å². The Labute approximate surface area is 122 Å². The highest BCUT2D eigenvalue weighted by Gasteiger charge is 2.27. The van der Waals surface area contributed by atoms with Crippen molar-refractivity contribution >= 4 is 17.7 Å². The van der Waals surface area contributed by atoms with Crippen molar-refractivity contribution in [3.8, 4) is 11.8 Å². The highest BCUT2D eigenvalue weighted by molar-refractivity contribution is 6.03. The summed E-state index contributed by atoms with van der Waals surface area (Å²) >= 11 is 0. The Morgan fingerprint density at radius 1 is 1.43 bits per heavy atom. The van der Waals surface area contributed by atoms with Crippen LogP contribution < -0.4 is 16.4 Å². The van der Waals surface area contributed by atoms with Gasteiger partial charge in [-0.15, -0.1) is 0 Å². The number of nitrogens with two attached hydrogens (primary N) is 1. The average molecular weight is 285 g/mol. The van der Waals surface area contributed by atoms with Gasteiger partial charge in [0.15, 0.2) is 0 Å². The van der Waals surface area contributed by atoms with Gasteiger partial charge in [-0.3, -0.25) is 19.7 Å². The third-order valence-corrected chi connectivity index (χ3v) is 3.00. The predicted octanol–water partition coefficient (Wildman–Crippen LogP) is -0.468. The highest BCUT2D eigenvalue weighted by atomic mass is 16.2. The lowest BCUT2D eigenvalue weighted by Crippen LogP contribution is -2.52. The molecule has 1 atom stereocenters. The van der Waals surface area contributed by atoms with E-state index in [0.29, 0.717) is 17.5 Å². The fraction of sp³-hybridized carbons (Fsp3) is 0.267. The molecular formula is C15H15N3O3. The van der Waals surface area contributed by atoms with Crippen LogP contribution >= 0.6 is 0 Å². The van der Waals surface area contributed by atoms with Crippen molar-refractivity contribution in [1.29, 1.82) is 0 Å². The van der Waals surface area contributed by atoms with E-state index in [0.717, 1.165) is 0 Å². The Morgan fingerprint density at radius 3 is 2.95 bits per heavy atom. The Balaban J connectivity index is 2.06. The van der Waals surface area contributed by atoms with Crippen LogP contribution in [-0.2, 0) is 9.59 Å². The summed E-state index contributed by atoms with van der Waals surface area (Å²) in [6.07, 6.45) is 0.530. The molecule has 6 nitrogen and oxygen atoms in total. The second-order valence-corrected chi connectivity index (χ2v) is 4.56. The molecule has 21 heavy (non-hydrogen) atoms. The van der Waals surface area contributed by atoms with E-state index >= 15 is 0 Å². The van der Waals surface area contributed by atoms with Crippen molar-refractivity contribution < 1.29 is 14.4 Å². The number of carbonyl (C=O) groups is 3. The molecule has 0 bridgehead atoms. The van der Waals surface area contributed by atoms with Gasteiger partial charge < -0.3 is 11.1 Å². The second kappa shape index (κ2) is 6.68. The van der Waals surface area contributed by atoms with E-state index in [-0.39, 0.29) is 24.8 Å². The molecule has 0 aromatic heterocycles. The molecule has 1 heterocycles. The molecule has 108 valence electrons. The number of carbonyl (C=O) groups excluding carboxylic acids is 3. The van der Waals surface area contributed by atoms with Crippen molar-refractivity contribution in [3.63, 3.8) is 0 Å². The largest absolute Gasteiger partial charge is 0.340 e. The predicted molar refractivity (Wildman–Crippen MR) is 76.0 cm³/mol. The molecule has 0 aliphatic carbocycles. The van der Waals surface area contributed by atoms with Gasteiger partial charge in [-0.1, -0.05) is 17.9 Å². The van der Waals surface area contributed by atoms with Crippen molar-refractivity contribution in [2.24, 2.45) is 5.73 Å². The van der Waals surface area contributed by atoms with Gasteiger partial charge in [0.25, 0.3) is 5.91 Å². The first-order chi connectivity index (χ1) is 10.1. The number of amides is 3. The first kappa shape index (κ1) is 14.8. The maximum Gasteiger partial charge on any atom is 0.251 e. The van der Waals surface area contributed by atoms with Crippen LogP contribution in [0.4, 0.5) is 0 Å². The maximum atomic E-state index is 12.1. The molecule has 3 amide bonds. The van der Waals surface area contributed by atoms with Crippen LogP contribution in [0.1, 0.15) is 28.8 Å². The molecule has 0 radical (unpaired) electrons. The molecule has 6 heteroatoms. The van der Waals surface area contributed by atoms with Crippen LogP contribution in [0.15, 0.2) is 24.3 Å². The molecule has 4 N–H and O–H groups in total. The maximum absolute atomic E-state index is 12.1. The Kier molecular flexibility index (Phi) is 4.69. The number of hydrogen-bond donors (Lipinski definition) is 3. The SMILES string of the molecule is NCC#Cc1cccc(C(=O)NC2CCC(=O)NC2=O)c1. The first-order valence-electron chi connectivity index (χ1n) is 6.53. The van der Waals surface area contributed by atoms with E-state index in [1.807, 2.05) is 0 Å². The quantitative estimate of drug-likeness (QED) is 0.505. The van der Waals surface area contributed by atoms with Gasteiger partial charge in [0.05, 0.1) is 6.54 Å². The van der Waals surface area contributed by atoms with E-state index < -0.39 is 11.9 Å². The summed E-state index contributed by atoms with van der Waals surface area (Å²) in [5.74, 6) is 4.38. The zero-order chi connectivity index (χ0) is 15.2. The molecule has 1 aliphatic rings. The van der Waals surface area contributed by atoms with Gasteiger partial charge in [0, 0.05) is 17.5 Å². The lowest BCUT2D eigenvalue weighted by Gasteiger charge is -2.21. The van der Waals surface area contributed by atoms with Crippen LogP contribution in [0.2, 0.25) is 0 Å². The van der Waals surface area contributed by atoms with E-state index in [1.54, 1.807) is 24.3 Å². The summed E-state index contributed by atoms with van der Waals surface area (Å²) < 4.78 is 0. The molecule has 0 saturated carbocycles. The van der Waals surface area contributed by atoms with Gasteiger partial charge in [-0.2, -0.15) is 0 Å². The lowest BCUT2D eigenvalue weighted by atomic mass is 10.0. The van der Waals surface area contributed by atoms with Crippen LogP contribution in [0.25, 0.3) is 0 Å². The number of rotatable bonds is 2. The van der Waals surface area contributed by atoms with Crippen LogP contribution in [0.5, 0.6) is 0 Å². The van der Waals surface area contributed by atoms with Crippen LogP contribution in [-0.4, -0.2) is 30.3 Å². The first-order valence-corrected chi connectivity index (χ1v) is 6.53. The Hall–Kier alpha value is -2.65. The van der Waals surface area contributed by atoms with Gasteiger partial charge in [-0.05, 0) is 24.6 Å². The average Bonchev–Trinajstić information content (AvgIpc) is 2.48. The zero-order valence-corrected chi connectivity index (χ0v) is 11.3. The van der Waals surface area contributed by atoms with Gasteiger partial charge >= 0.3 is 0 Å². The smallest absolute Gasteiger partial charge is 0.251 e. The standard InChI is InChI=1S/C15H15N3O3/c16-8-2-4-10-3-1-5-11(9-10)14(20)17-12-6-7-13(19)18-15(12)21/h1,3,5,9,12H,6-8,16H2,(H,17,20)(H,18,19,21). The topological polar surface area (TPSA) is 101 Å². The zero-order valence-electron chi connectivity index (χ0n) is 11.3. The molecule has 1 aliphatic heterocycles. The number of piperidine rings is 1. The van der Waals surface area contributed by atoms with E-state index in [9.17, 15) is 14.4 Å². The summed E-state index contributed by atoms with van der Waals surface area (Å²) in [6.45, 7) is 0.243. The number of imide groups is 1. The fourth-order valence-electron chi connectivity index (χ4n) is 1.96. The molecule has 1 aromatic carbocycles. The Morgan fingerprint density at radius 2 is 2.24 bits per heavy atom. The highest BCUT2D eigenvalue weighted by Crippen LogP contribution is 2.08. The number of hydrogen-bond acceptors (Lipinski definition) is 4. The molecule has 1 unspecified atom stereocenters. The number of nitrogens with one attached hydrogen (secondary N) is 2. The fourth-order valence-corrected chi connectivity index (χ4v) is 1.96. The van der Waals surface area contributed by atoms with Crippen molar-refractivity contribution in [1.82, 2.24) is 10.6 Å². The van der Waals surface area contributed by atoms with Gasteiger partial charge in [0.2, 0.25) is 11.8 Å². The van der Waals surface area contributed by atoms with Crippen molar-refractivity contribution in [2.75, 3.05) is 6.54 Å². The van der Waals surface area contributed by atoms with E-state index in [4.69, 9.17) is 5.73 Å². The van der Waals surface area contributed by atoms with Crippen LogP contribution in [0.3, 0.4) is 0 Å². The third-order valence-electron chi connectivity index (χ3n) is 3.00. The minimum Gasteiger partial charge on any atom is -0.340 e. The lowest BCUT2D eigenvalue weighted by molar-refractivity contribution is -0.134. The summed E-state index contributed by atoms with van der Waals surface area (Å²) in [5, 5.41) is 4.81. The summed E-state index contributed by atoms with van der Waals surface area (Å²) in [4.78, 5) is 34.8. The van der Waals surface area contributed by atoms with Gasteiger partial charge in [0.1, 0.15) is 6.04 Å². The summed E-state index contributed by atoms with van der Waals surface area (Å²) in [5.41, 5.74) is 6.38. The molecule has 1 aromatic rings. The number of benzene rings is 1. The van der Waals surface area contributed by atoms with E-state index in [1.165, 1.54) is 0 Å². The Bertz CT molecular complexity index is 643. The summed E-state index contributed by atoms with van der Waals surface area (Å²) in [7, 11) is 0. The van der Waals surface area contributed by atoms with Crippen molar-refractivity contribution in [2.45, 2.75) is 18.9 Å². The summed E-state index contributed by atoms with van der Waals surface area (Å²) in [6, 6.07) is 6.05.